The van der Waals surface area contributed by atoms with E-state index in [9.17, 15) is 0 Å². The molecule has 0 amide bonds. The van der Waals surface area contributed by atoms with Crippen molar-refractivity contribution in [3.63, 3.8) is 0 Å². The summed E-state index contributed by atoms with van der Waals surface area (Å²) < 4.78 is 5.32. The van der Waals surface area contributed by atoms with Gasteiger partial charge in [0.15, 0.2) is 0 Å². The minimum Gasteiger partial charge on any atom is -0.336 e. The number of nitrogens with zero attached hydrogens (tertiary/aromatic N) is 4. The van der Waals surface area contributed by atoms with Gasteiger partial charge in [-0.15, -0.1) is 0 Å². The first-order valence-corrected chi connectivity index (χ1v) is 6.71. The molecular weight excluding hydrogens is 230 g/mol. The van der Waals surface area contributed by atoms with Gasteiger partial charge in [-0.05, 0) is 32.1 Å². The molecule has 1 aromatic rings. The molecule has 1 fully saturated rings. The minimum absolute atomic E-state index is 0.124. The summed E-state index contributed by atoms with van der Waals surface area (Å²) in [4.78, 5) is 8.97. The van der Waals surface area contributed by atoms with Crippen LogP contribution in [0.1, 0.15) is 32.2 Å². The lowest BCUT2D eigenvalue weighted by molar-refractivity contribution is 0.307. The molecule has 0 spiro atoms. The average molecular weight is 253 g/mol. The van der Waals surface area contributed by atoms with E-state index in [0.29, 0.717) is 5.89 Å². The van der Waals surface area contributed by atoms with Crippen molar-refractivity contribution in [3.05, 3.63) is 5.89 Å². The topological polar surface area (TPSA) is 57.4 Å². The van der Waals surface area contributed by atoms with Crippen LogP contribution < -0.4 is 10.2 Å². The van der Waals surface area contributed by atoms with Gasteiger partial charge in [0, 0.05) is 26.2 Å². The van der Waals surface area contributed by atoms with Crippen molar-refractivity contribution >= 4 is 5.95 Å². The van der Waals surface area contributed by atoms with Gasteiger partial charge in [-0.2, -0.15) is 4.98 Å². The third-order valence-electron chi connectivity index (χ3n) is 3.29. The van der Waals surface area contributed by atoms with Gasteiger partial charge in [-0.25, -0.2) is 0 Å². The predicted molar refractivity (Wildman–Crippen MR) is 70.7 cm³/mol. The number of piperazine rings is 1. The van der Waals surface area contributed by atoms with E-state index < -0.39 is 0 Å². The second-order valence-electron chi connectivity index (χ2n) is 4.90. The fourth-order valence-corrected chi connectivity index (χ4v) is 1.99. The third-order valence-corrected chi connectivity index (χ3v) is 3.29. The molecule has 0 aromatic carbocycles. The SMILES string of the molecule is CCCNC(C)c1nc(N2CCN(C)CC2)no1. The first kappa shape index (κ1) is 13.3. The molecule has 1 aliphatic rings. The zero-order chi connectivity index (χ0) is 13.0. The van der Waals surface area contributed by atoms with Gasteiger partial charge >= 0.3 is 0 Å². The lowest BCUT2D eigenvalue weighted by atomic mass is 10.3. The molecule has 2 rings (SSSR count). The van der Waals surface area contributed by atoms with Crippen molar-refractivity contribution in [2.75, 3.05) is 44.7 Å². The zero-order valence-electron chi connectivity index (χ0n) is 11.5. The molecule has 6 nitrogen and oxygen atoms in total. The quantitative estimate of drug-likeness (QED) is 0.841. The number of nitrogens with one attached hydrogen (secondary N) is 1. The Kier molecular flexibility index (Phi) is 4.54. The summed E-state index contributed by atoms with van der Waals surface area (Å²) in [5.41, 5.74) is 0. The standard InChI is InChI=1S/C12H23N5O/c1-4-5-13-10(2)11-14-12(15-18-11)17-8-6-16(3)7-9-17/h10,13H,4-9H2,1-3H3. The van der Waals surface area contributed by atoms with Crippen molar-refractivity contribution in [1.29, 1.82) is 0 Å². The Bertz CT molecular complexity index is 359. The van der Waals surface area contributed by atoms with Crippen molar-refractivity contribution in [2.24, 2.45) is 0 Å². The number of rotatable bonds is 5. The van der Waals surface area contributed by atoms with E-state index >= 15 is 0 Å². The summed E-state index contributed by atoms with van der Waals surface area (Å²) in [6.45, 7) is 9.19. The number of hydrogen-bond acceptors (Lipinski definition) is 6. The molecule has 0 aliphatic carbocycles. The summed E-state index contributed by atoms with van der Waals surface area (Å²) in [6, 6.07) is 0.124. The van der Waals surface area contributed by atoms with Gasteiger partial charge in [-0.1, -0.05) is 6.92 Å². The van der Waals surface area contributed by atoms with E-state index in [-0.39, 0.29) is 6.04 Å². The molecule has 0 bridgehead atoms. The number of aromatic nitrogens is 2. The molecule has 0 saturated carbocycles. The molecule has 1 N–H and O–H groups in total. The predicted octanol–water partition coefficient (Wildman–Crippen LogP) is 0.882. The first-order valence-electron chi connectivity index (χ1n) is 6.71. The number of hydrogen-bond donors (Lipinski definition) is 1. The Morgan fingerprint density at radius 3 is 2.72 bits per heavy atom. The van der Waals surface area contributed by atoms with Gasteiger partial charge in [-0.3, -0.25) is 0 Å². The van der Waals surface area contributed by atoms with E-state index in [0.717, 1.165) is 45.1 Å². The minimum atomic E-state index is 0.124. The second-order valence-corrected chi connectivity index (χ2v) is 4.90. The van der Waals surface area contributed by atoms with Crippen LogP contribution in [0, 0.1) is 0 Å². The van der Waals surface area contributed by atoms with Gasteiger partial charge in [0.05, 0.1) is 6.04 Å². The van der Waals surface area contributed by atoms with E-state index in [1.165, 1.54) is 0 Å². The van der Waals surface area contributed by atoms with Crippen LogP contribution in [0.5, 0.6) is 0 Å². The maximum absolute atomic E-state index is 5.32. The van der Waals surface area contributed by atoms with Gasteiger partial charge in [0.25, 0.3) is 5.95 Å². The Morgan fingerprint density at radius 1 is 1.33 bits per heavy atom. The van der Waals surface area contributed by atoms with Crippen LogP contribution in [0.4, 0.5) is 5.95 Å². The third kappa shape index (κ3) is 3.20. The highest BCUT2D eigenvalue weighted by Gasteiger charge is 2.20. The van der Waals surface area contributed by atoms with Gasteiger partial charge < -0.3 is 19.6 Å². The average Bonchev–Trinajstić information content (AvgIpc) is 2.86. The summed E-state index contributed by atoms with van der Waals surface area (Å²) in [7, 11) is 2.13. The van der Waals surface area contributed by atoms with Crippen LogP contribution in [0.2, 0.25) is 0 Å². The van der Waals surface area contributed by atoms with Crippen molar-refractivity contribution < 1.29 is 4.52 Å². The fraction of sp³-hybridized carbons (Fsp3) is 0.833. The summed E-state index contributed by atoms with van der Waals surface area (Å²) in [5.74, 6) is 1.40. The molecule has 1 aromatic heterocycles. The Morgan fingerprint density at radius 2 is 2.06 bits per heavy atom. The second kappa shape index (κ2) is 6.15. The number of likely N-dealkylation sites (N-methyl/N-ethyl adjacent to an activating group) is 1. The van der Waals surface area contributed by atoms with E-state index in [1.54, 1.807) is 0 Å². The van der Waals surface area contributed by atoms with Crippen LogP contribution >= 0.6 is 0 Å². The first-order chi connectivity index (χ1) is 8.70. The van der Waals surface area contributed by atoms with Crippen LogP contribution in [0.15, 0.2) is 4.52 Å². The zero-order valence-corrected chi connectivity index (χ0v) is 11.5. The highest BCUT2D eigenvalue weighted by molar-refractivity contribution is 5.28. The largest absolute Gasteiger partial charge is 0.336 e. The molecule has 0 radical (unpaired) electrons. The molecule has 1 aliphatic heterocycles. The van der Waals surface area contributed by atoms with Crippen molar-refractivity contribution in [2.45, 2.75) is 26.3 Å². The maximum atomic E-state index is 5.32. The highest BCUT2D eigenvalue weighted by atomic mass is 16.5. The Labute approximate surface area is 108 Å². The van der Waals surface area contributed by atoms with Crippen molar-refractivity contribution in [3.8, 4) is 0 Å². The molecule has 1 unspecified atom stereocenters. The normalized spacial score (nSPS) is 19.2. The monoisotopic (exact) mass is 253 g/mol. The van der Waals surface area contributed by atoms with Gasteiger partial charge in [0.1, 0.15) is 0 Å². The molecule has 102 valence electrons. The van der Waals surface area contributed by atoms with E-state index in [4.69, 9.17) is 4.52 Å². The Balaban J connectivity index is 1.93. The van der Waals surface area contributed by atoms with Crippen LogP contribution in [-0.4, -0.2) is 54.8 Å². The van der Waals surface area contributed by atoms with E-state index in [1.807, 2.05) is 0 Å². The van der Waals surface area contributed by atoms with Gasteiger partial charge in [0.2, 0.25) is 5.89 Å². The van der Waals surface area contributed by atoms with E-state index in [2.05, 4.69) is 46.2 Å². The molecule has 6 heteroatoms. The summed E-state index contributed by atoms with van der Waals surface area (Å²) in [5, 5.41) is 7.42. The number of anilines is 1. The smallest absolute Gasteiger partial charge is 0.266 e. The Hall–Kier alpha value is -1.14. The molecule has 1 saturated heterocycles. The van der Waals surface area contributed by atoms with Crippen LogP contribution in [-0.2, 0) is 0 Å². The molecule has 18 heavy (non-hydrogen) atoms. The van der Waals surface area contributed by atoms with Crippen LogP contribution in [0.3, 0.4) is 0 Å². The highest BCUT2D eigenvalue weighted by Crippen LogP contribution is 2.16. The maximum Gasteiger partial charge on any atom is 0.266 e. The molecular formula is C12H23N5O. The fourth-order valence-electron chi connectivity index (χ4n) is 1.99. The van der Waals surface area contributed by atoms with Crippen molar-refractivity contribution in [1.82, 2.24) is 20.4 Å². The lowest BCUT2D eigenvalue weighted by Gasteiger charge is -2.31. The molecule has 2 heterocycles. The van der Waals surface area contributed by atoms with Crippen LogP contribution in [0.25, 0.3) is 0 Å². The summed E-state index contributed by atoms with van der Waals surface area (Å²) >= 11 is 0. The lowest BCUT2D eigenvalue weighted by Crippen LogP contribution is -2.44. The summed E-state index contributed by atoms with van der Waals surface area (Å²) in [6.07, 6.45) is 1.10. The molecule has 1 atom stereocenters.